The van der Waals surface area contributed by atoms with Crippen LogP contribution in [0, 0.1) is 6.92 Å². The number of benzene rings is 2. The molecule has 0 bridgehead atoms. The van der Waals surface area contributed by atoms with E-state index in [4.69, 9.17) is 4.52 Å². The van der Waals surface area contributed by atoms with E-state index in [9.17, 15) is 4.79 Å². The maximum Gasteiger partial charge on any atom is 0.251 e. The zero-order valence-electron chi connectivity index (χ0n) is 17.4. The molecule has 0 radical (unpaired) electrons. The minimum absolute atomic E-state index is 0.147. The van der Waals surface area contributed by atoms with Crippen molar-refractivity contribution in [3.63, 3.8) is 0 Å². The monoisotopic (exact) mass is 404 g/mol. The molecule has 1 saturated heterocycles. The number of nitrogens with one attached hydrogen (secondary N) is 1. The molecule has 1 aliphatic heterocycles. The lowest BCUT2D eigenvalue weighted by Crippen LogP contribution is -2.24. The van der Waals surface area contributed by atoms with Gasteiger partial charge in [0.2, 0.25) is 11.7 Å². The van der Waals surface area contributed by atoms with Crippen LogP contribution in [0.3, 0.4) is 0 Å². The van der Waals surface area contributed by atoms with Crippen LogP contribution in [0.25, 0.3) is 11.4 Å². The van der Waals surface area contributed by atoms with E-state index in [1.54, 1.807) is 0 Å². The number of aryl methyl sites for hydroxylation is 1. The molecule has 0 saturated carbocycles. The van der Waals surface area contributed by atoms with Crippen LogP contribution in [0.2, 0.25) is 0 Å². The highest BCUT2D eigenvalue weighted by Crippen LogP contribution is 2.17. The molecular formula is C24H28N4O2. The van der Waals surface area contributed by atoms with Crippen molar-refractivity contribution in [2.24, 2.45) is 0 Å². The van der Waals surface area contributed by atoms with Crippen molar-refractivity contribution in [2.75, 3.05) is 13.1 Å². The smallest absolute Gasteiger partial charge is 0.251 e. The Bertz CT molecular complexity index is 956. The first-order valence-corrected chi connectivity index (χ1v) is 10.7. The van der Waals surface area contributed by atoms with Gasteiger partial charge in [-0.15, -0.1) is 0 Å². The molecule has 3 aromatic rings. The van der Waals surface area contributed by atoms with Crippen LogP contribution in [-0.4, -0.2) is 34.0 Å². The summed E-state index contributed by atoms with van der Waals surface area (Å²) in [6, 6.07) is 15.8. The van der Waals surface area contributed by atoms with Gasteiger partial charge in [-0.25, -0.2) is 0 Å². The third kappa shape index (κ3) is 5.33. The van der Waals surface area contributed by atoms with Crippen LogP contribution in [0.15, 0.2) is 53.1 Å². The summed E-state index contributed by atoms with van der Waals surface area (Å²) in [5.74, 6) is 0.764. The lowest BCUT2D eigenvalue weighted by molar-refractivity contribution is 0.0946. The second-order valence-electron chi connectivity index (χ2n) is 7.95. The van der Waals surface area contributed by atoms with Gasteiger partial charge in [-0.3, -0.25) is 9.69 Å². The summed E-state index contributed by atoms with van der Waals surface area (Å²) in [6.07, 6.45) is 5.23. The van der Waals surface area contributed by atoms with Crippen molar-refractivity contribution in [3.8, 4) is 11.4 Å². The van der Waals surface area contributed by atoms with Gasteiger partial charge in [-0.05, 0) is 50.6 Å². The number of likely N-dealkylation sites (tertiary alicyclic amines) is 1. The van der Waals surface area contributed by atoms with Crippen molar-refractivity contribution in [3.05, 3.63) is 71.1 Å². The molecule has 1 aliphatic rings. The summed E-state index contributed by atoms with van der Waals surface area (Å²) in [4.78, 5) is 19.3. The Morgan fingerprint density at radius 3 is 2.40 bits per heavy atom. The largest absolute Gasteiger partial charge is 0.343 e. The second kappa shape index (κ2) is 9.67. The molecular weight excluding hydrogens is 376 g/mol. The van der Waals surface area contributed by atoms with E-state index in [1.165, 1.54) is 36.8 Å². The van der Waals surface area contributed by atoms with E-state index < -0.39 is 0 Å². The van der Waals surface area contributed by atoms with Crippen LogP contribution in [0.5, 0.6) is 0 Å². The molecule has 0 atom stereocenters. The number of amides is 1. The van der Waals surface area contributed by atoms with Gasteiger partial charge < -0.3 is 9.84 Å². The van der Waals surface area contributed by atoms with Gasteiger partial charge in [-0.1, -0.05) is 60.0 Å². The van der Waals surface area contributed by atoms with Crippen LogP contribution >= 0.6 is 0 Å². The van der Waals surface area contributed by atoms with Crippen molar-refractivity contribution in [1.82, 2.24) is 20.4 Å². The first-order valence-electron chi connectivity index (χ1n) is 10.7. The fourth-order valence-corrected chi connectivity index (χ4v) is 3.72. The lowest BCUT2D eigenvalue weighted by Gasteiger charge is -2.19. The first kappa shape index (κ1) is 20.3. The van der Waals surface area contributed by atoms with E-state index in [0.29, 0.717) is 17.3 Å². The first-order chi connectivity index (χ1) is 14.7. The van der Waals surface area contributed by atoms with Gasteiger partial charge in [0.1, 0.15) is 0 Å². The molecule has 1 amide bonds. The maximum absolute atomic E-state index is 12.5. The van der Waals surface area contributed by atoms with Crippen LogP contribution < -0.4 is 5.32 Å². The van der Waals surface area contributed by atoms with E-state index in [-0.39, 0.29) is 12.5 Å². The van der Waals surface area contributed by atoms with Crippen LogP contribution in [0.1, 0.15) is 53.1 Å². The van der Waals surface area contributed by atoms with Crippen molar-refractivity contribution in [2.45, 2.75) is 45.7 Å². The maximum atomic E-state index is 12.5. The summed E-state index contributed by atoms with van der Waals surface area (Å²) in [6.45, 7) is 5.51. The van der Waals surface area contributed by atoms with Gasteiger partial charge in [-0.2, -0.15) is 4.98 Å². The molecule has 4 rings (SSSR count). The fraction of sp³-hybridized carbons (Fsp3) is 0.375. The van der Waals surface area contributed by atoms with Crippen LogP contribution in [-0.2, 0) is 13.1 Å². The highest BCUT2D eigenvalue weighted by Gasteiger charge is 2.12. The van der Waals surface area contributed by atoms with Crippen LogP contribution in [0.4, 0.5) is 0 Å². The van der Waals surface area contributed by atoms with E-state index >= 15 is 0 Å². The number of aromatic nitrogens is 2. The van der Waals surface area contributed by atoms with E-state index in [2.05, 4.69) is 20.4 Å². The van der Waals surface area contributed by atoms with Crippen molar-refractivity contribution < 1.29 is 9.32 Å². The Kier molecular flexibility index (Phi) is 6.54. The molecule has 2 heterocycles. The average Bonchev–Trinajstić information content (AvgIpc) is 3.09. The Balaban J connectivity index is 1.30. The number of carbonyl (C=O) groups excluding carboxylic acids is 1. The standard InChI is InChI=1S/C24H28N4O2/c1-18-6-10-20(11-7-18)23-26-22(30-27-23)16-25-24(29)21-12-8-19(9-13-21)17-28-14-4-2-3-5-15-28/h6-13H,2-5,14-17H2,1H3,(H,25,29). The molecule has 2 aromatic carbocycles. The normalized spacial score (nSPS) is 15.0. The summed E-state index contributed by atoms with van der Waals surface area (Å²) >= 11 is 0. The summed E-state index contributed by atoms with van der Waals surface area (Å²) in [7, 11) is 0. The van der Waals surface area contributed by atoms with Gasteiger partial charge in [0.15, 0.2) is 0 Å². The molecule has 6 nitrogen and oxygen atoms in total. The average molecular weight is 405 g/mol. The second-order valence-corrected chi connectivity index (χ2v) is 7.95. The molecule has 1 N–H and O–H groups in total. The molecule has 0 spiro atoms. The molecule has 156 valence electrons. The Morgan fingerprint density at radius 1 is 1.00 bits per heavy atom. The van der Waals surface area contributed by atoms with E-state index in [0.717, 1.165) is 25.2 Å². The quantitative estimate of drug-likeness (QED) is 0.661. The molecule has 0 unspecified atom stereocenters. The summed E-state index contributed by atoms with van der Waals surface area (Å²) in [5.41, 5.74) is 3.94. The lowest BCUT2D eigenvalue weighted by atomic mass is 10.1. The fourth-order valence-electron chi connectivity index (χ4n) is 3.72. The third-order valence-electron chi connectivity index (χ3n) is 5.50. The number of rotatable bonds is 6. The van der Waals surface area contributed by atoms with Crippen molar-refractivity contribution >= 4 is 5.91 Å². The summed E-state index contributed by atoms with van der Waals surface area (Å²) < 4.78 is 5.27. The highest BCUT2D eigenvalue weighted by molar-refractivity contribution is 5.94. The molecule has 1 aromatic heterocycles. The van der Waals surface area contributed by atoms with Gasteiger partial charge in [0.25, 0.3) is 5.91 Å². The highest BCUT2D eigenvalue weighted by atomic mass is 16.5. The predicted octanol–water partition coefficient (Wildman–Crippen LogP) is 4.35. The van der Waals surface area contributed by atoms with Gasteiger partial charge in [0.05, 0.1) is 6.54 Å². The van der Waals surface area contributed by atoms with Gasteiger partial charge >= 0.3 is 0 Å². The summed E-state index contributed by atoms with van der Waals surface area (Å²) in [5, 5.41) is 6.85. The third-order valence-corrected chi connectivity index (χ3v) is 5.50. The Morgan fingerprint density at radius 2 is 1.70 bits per heavy atom. The molecule has 0 aliphatic carbocycles. The predicted molar refractivity (Wildman–Crippen MR) is 116 cm³/mol. The Labute approximate surface area is 177 Å². The Hall–Kier alpha value is -2.99. The molecule has 30 heavy (non-hydrogen) atoms. The van der Waals surface area contributed by atoms with E-state index in [1.807, 2.05) is 55.5 Å². The SMILES string of the molecule is Cc1ccc(-c2noc(CNC(=O)c3ccc(CN4CCCCCC4)cc3)n2)cc1. The number of nitrogens with zero attached hydrogens (tertiary/aromatic N) is 3. The zero-order valence-corrected chi connectivity index (χ0v) is 17.4. The minimum Gasteiger partial charge on any atom is -0.343 e. The number of hydrogen-bond donors (Lipinski definition) is 1. The van der Waals surface area contributed by atoms with Gasteiger partial charge in [0, 0.05) is 17.7 Å². The molecule has 6 heteroatoms. The number of hydrogen-bond acceptors (Lipinski definition) is 5. The zero-order chi connectivity index (χ0) is 20.8. The number of carbonyl (C=O) groups is 1. The minimum atomic E-state index is -0.147. The topological polar surface area (TPSA) is 71.3 Å². The van der Waals surface area contributed by atoms with Crippen molar-refractivity contribution in [1.29, 1.82) is 0 Å². The molecule has 1 fully saturated rings.